The third kappa shape index (κ3) is 4.00. The van der Waals surface area contributed by atoms with Crippen LogP contribution in [0.2, 0.25) is 0 Å². The van der Waals surface area contributed by atoms with Gasteiger partial charge in [0.1, 0.15) is 23.0 Å². The van der Waals surface area contributed by atoms with E-state index in [0.29, 0.717) is 0 Å². The van der Waals surface area contributed by atoms with Crippen LogP contribution >= 0.6 is 0 Å². The Balaban J connectivity index is 1.18. The Morgan fingerprint density at radius 1 is 0.319 bits per heavy atom. The molecule has 8 aromatic rings. The first kappa shape index (κ1) is 26.2. The van der Waals surface area contributed by atoms with Crippen LogP contribution < -0.4 is 25.9 Å². The summed E-state index contributed by atoms with van der Waals surface area (Å²) in [4.78, 5) is 0. The van der Waals surface area contributed by atoms with Crippen molar-refractivity contribution in [3.63, 3.8) is 0 Å². The predicted molar refractivity (Wildman–Crippen MR) is 195 cm³/mol. The molecule has 2 heterocycles. The van der Waals surface area contributed by atoms with E-state index in [2.05, 4.69) is 152 Å². The molecule has 0 aromatic heterocycles. The quantitative estimate of drug-likeness (QED) is 0.149. The van der Waals surface area contributed by atoms with Crippen LogP contribution in [0.3, 0.4) is 0 Å². The summed E-state index contributed by atoms with van der Waals surface area (Å²) in [5.41, 5.74) is 10.5. The molecule has 0 amide bonds. The second-order valence-corrected chi connectivity index (χ2v) is 12.4. The largest absolute Gasteiger partial charge is 0.458 e. The maximum atomic E-state index is 6.61. The van der Waals surface area contributed by atoms with Crippen LogP contribution in [-0.2, 0) is 0 Å². The van der Waals surface area contributed by atoms with Crippen LogP contribution in [0.1, 0.15) is 0 Å². The molecule has 0 saturated heterocycles. The maximum absolute atomic E-state index is 6.61. The average molecular weight is 599 g/mol. The molecule has 2 aliphatic rings. The van der Waals surface area contributed by atoms with Gasteiger partial charge >= 0.3 is 0 Å². The molecule has 2 aliphatic heterocycles. The van der Waals surface area contributed by atoms with Crippen LogP contribution in [0.15, 0.2) is 164 Å². The average Bonchev–Trinajstić information content (AvgIpc) is 3.14. The molecule has 0 N–H and O–H groups in total. The van der Waals surface area contributed by atoms with Gasteiger partial charge in [0.05, 0.1) is 0 Å². The first-order valence-corrected chi connectivity index (χ1v) is 16.1. The molecule has 10 rings (SSSR count). The van der Waals surface area contributed by atoms with Crippen LogP contribution in [0.25, 0.3) is 54.9 Å². The van der Waals surface area contributed by atoms with Gasteiger partial charge in [0.25, 0.3) is 6.71 Å². The molecule has 3 heteroatoms. The number of rotatable bonds is 3. The summed E-state index contributed by atoms with van der Waals surface area (Å²) in [5.74, 6) is 3.50. The van der Waals surface area contributed by atoms with E-state index in [9.17, 15) is 0 Å². The lowest BCUT2D eigenvalue weighted by molar-refractivity contribution is 0.465. The Kier molecular flexibility index (Phi) is 5.70. The van der Waals surface area contributed by atoms with E-state index in [1.54, 1.807) is 0 Å². The van der Waals surface area contributed by atoms with Gasteiger partial charge in [-0.2, -0.15) is 0 Å². The van der Waals surface area contributed by atoms with E-state index in [4.69, 9.17) is 9.47 Å². The molecule has 0 atom stereocenters. The molecule has 0 saturated carbocycles. The molecule has 0 aliphatic carbocycles. The van der Waals surface area contributed by atoms with Crippen LogP contribution in [0, 0.1) is 0 Å². The van der Waals surface area contributed by atoms with Crippen LogP contribution in [0.5, 0.6) is 23.0 Å². The number of para-hydroxylation sites is 2. The van der Waals surface area contributed by atoms with E-state index in [0.717, 1.165) is 39.6 Å². The SMILES string of the molecule is c1ccc(-c2c3ccccc3c(-c3cccc(-c4cc5c6c(c4)Oc4ccccc4B6c4ccccc4O5)c3)c3ccccc23)cc1. The van der Waals surface area contributed by atoms with Gasteiger partial charge in [-0.1, -0.05) is 133 Å². The molecule has 2 nitrogen and oxygen atoms in total. The summed E-state index contributed by atoms with van der Waals surface area (Å²) >= 11 is 0. The smallest absolute Gasteiger partial charge is 0.260 e. The lowest BCUT2D eigenvalue weighted by Crippen LogP contribution is -2.57. The monoisotopic (exact) mass is 598 g/mol. The highest BCUT2D eigenvalue weighted by molar-refractivity contribution is 6.98. The standard InChI is InChI=1S/C44H27BO2/c1-2-13-28(14-3-1)42-32-17-4-6-19-34(32)43(35-20-7-5-18-33(35)42)30-16-12-15-29(25-30)31-26-40-44-41(27-31)47-39-24-11-9-22-37(39)45(44)36-21-8-10-23-38(36)46-40/h1-27H. The summed E-state index contributed by atoms with van der Waals surface area (Å²) in [7, 11) is 0. The maximum Gasteiger partial charge on any atom is 0.260 e. The Hall–Kier alpha value is -6.06. The van der Waals surface area contributed by atoms with Crippen LogP contribution in [-0.4, -0.2) is 6.71 Å². The molecular weight excluding hydrogens is 571 g/mol. The van der Waals surface area contributed by atoms with Gasteiger partial charge in [0.15, 0.2) is 0 Å². The predicted octanol–water partition coefficient (Wildman–Crippen LogP) is 9.72. The molecule has 0 bridgehead atoms. The lowest BCUT2D eigenvalue weighted by Gasteiger charge is -2.33. The van der Waals surface area contributed by atoms with Gasteiger partial charge in [-0.15, -0.1) is 0 Å². The van der Waals surface area contributed by atoms with Crippen molar-refractivity contribution in [3.8, 4) is 56.4 Å². The Morgan fingerprint density at radius 2 is 0.766 bits per heavy atom. The zero-order chi connectivity index (χ0) is 30.9. The Morgan fingerprint density at radius 3 is 1.34 bits per heavy atom. The topological polar surface area (TPSA) is 18.5 Å². The number of fused-ring (bicyclic) bond motifs is 6. The molecule has 218 valence electrons. The third-order valence-electron chi connectivity index (χ3n) is 9.77. The Labute approximate surface area is 273 Å². The van der Waals surface area contributed by atoms with E-state index in [1.807, 2.05) is 12.1 Å². The first-order valence-electron chi connectivity index (χ1n) is 16.1. The molecule has 8 aromatic carbocycles. The molecule has 0 radical (unpaired) electrons. The fourth-order valence-corrected chi connectivity index (χ4v) is 7.77. The highest BCUT2D eigenvalue weighted by Crippen LogP contribution is 2.45. The lowest BCUT2D eigenvalue weighted by atomic mass is 9.35. The van der Waals surface area contributed by atoms with Gasteiger partial charge in [-0.3, -0.25) is 0 Å². The van der Waals surface area contributed by atoms with Gasteiger partial charge < -0.3 is 9.47 Å². The second-order valence-electron chi connectivity index (χ2n) is 12.4. The minimum Gasteiger partial charge on any atom is -0.458 e. The van der Waals surface area contributed by atoms with E-state index >= 15 is 0 Å². The van der Waals surface area contributed by atoms with Crippen molar-refractivity contribution in [1.82, 2.24) is 0 Å². The van der Waals surface area contributed by atoms with Crippen molar-refractivity contribution in [2.75, 3.05) is 0 Å². The number of hydrogen-bond acceptors (Lipinski definition) is 2. The molecule has 0 spiro atoms. The molecule has 47 heavy (non-hydrogen) atoms. The fraction of sp³-hybridized carbons (Fsp3) is 0. The molecular formula is C44H27BO2. The van der Waals surface area contributed by atoms with Gasteiger partial charge in [0.2, 0.25) is 0 Å². The van der Waals surface area contributed by atoms with Gasteiger partial charge in [-0.05, 0) is 96.2 Å². The summed E-state index contributed by atoms with van der Waals surface area (Å²) in [5, 5.41) is 4.98. The number of hydrogen-bond donors (Lipinski definition) is 0. The van der Waals surface area contributed by atoms with Gasteiger partial charge in [-0.25, -0.2) is 0 Å². The van der Waals surface area contributed by atoms with Crippen molar-refractivity contribution in [3.05, 3.63) is 164 Å². The minimum atomic E-state index is 0.0659. The zero-order valence-corrected chi connectivity index (χ0v) is 25.5. The summed E-state index contributed by atoms with van der Waals surface area (Å²) in [6.07, 6.45) is 0. The second kappa shape index (κ2) is 10.2. The number of benzene rings is 8. The first-order chi connectivity index (χ1) is 23.3. The number of ether oxygens (including phenoxy) is 2. The zero-order valence-electron chi connectivity index (χ0n) is 25.5. The van der Waals surface area contributed by atoms with Crippen molar-refractivity contribution in [2.45, 2.75) is 0 Å². The van der Waals surface area contributed by atoms with Crippen molar-refractivity contribution >= 4 is 44.6 Å². The molecule has 0 unspecified atom stereocenters. The normalized spacial score (nSPS) is 12.6. The summed E-state index contributed by atoms with van der Waals surface area (Å²) in [6, 6.07) is 58.4. The minimum absolute atomic E-state index is 0.0659. The highest BCUT2D eigenvalue weighted by atomic mass is 16.5. The van der Waals surface area contributed by atoms with Crippen molar-refractivity contribution in [1.29, 1.82) is 0 Å². The van der Waals surface area contributed by atoms with E-state index < -0.39 is 0 Å². The highest BCUT2D eigenvalue weighted by Gasteiger charge is 2.40. The third-order valence-corrected chi connectivity index (χ3v) is 9.77. The Bertz CT molecular complexity index is 2410. The van der Waals surface area contributed by atoms with Gasteiger partial charge in [0, 0.05) is 5.46 Å². The van der Waals surface area contributed by atoms with Crippen LogP contribution in [0.4, 0.5) is 0 Å². The van der Waals surface area contributed by atoms with Crippen molar-refractivity contribution < 1.29 is 9.47 Å². The molecule has 0 fully saturated rings. The van der Waals surface area contributed by atoms with E-state index in [-0.39, 0.29) is 6.71 Å². The summed E-state index contributed by atoms with van der Waals surface area (Å²) in [6.45, 7) is 0.0659. The summed E-state index contributed by atoms with van der Waals surface area (Å²) < 4.78 is 13.2. The van der Waals surface area contributed by atoms with E-state index in [1.165, 1.54) is 54.7 Å². The van der Waals surface area contributed by atoms with Crippen molar-refractivity contribution in [2.24, 2.45) is 0 Å². The fourth-order valence-electron chi connectivity index (χ4n) is 7.77.